The number of halogens is 1. The van der Waals surface area contributed by atoms with Crippen LogP contribution in [0.3, 0.4) is 0 Å². The maximum atomic E-state index is 6.13. The summed E-state index contributed by atoms with van der Waals surface area (Å²) in [4.78, 5) is 1.31. The lowest BCUT2D eigenvalue weighted by Crippen LogP contribution is -2.31. The second-order valence-electron chi connectivity index (χ2n) is 5.37. The predicted octanol–water partition coefficient (Wildman–Crippen LogP) is 3.32. The quantitative estimate of drug-likeness (QED) is 0.921. The van der Waals surface area contributed by atoms with E-state index in [9.17, 15) is 0 Å². The molecular formula is C14H18BrNOS. The van der Waals surface area contributed by atoms with Gasteiger partial charge in [-0.05, 0) is 53.4 Å². The molecule has 2 fully saturated rings. The third kappa shape index (κ3) is 2.24. The van der Waals surface area contributed by atoms with Crippen LogP contribution >= 0.6 is 27.7 Å². The zero-order valence-corrected chi connectivity index (χ0v) is 12.9. The molecule has 18 heavy (non-hydrogen) atoms. The Balaban J connectivity index is 1.80. The minimum absolute atomic E-state index is 0.239. The summed E-state index contributed by atoms with van der Waals surface area (Å²) in [5, 5.41) is 0.621. The summed E-state index contributed by atoms with van der Waals surface area (Å²) in [5.74, 6) is 0. The second kappa shape index (κ2) is 4.82. The Morgan fingerprint density at radius 2 is 2.17 bits per heavy atom. The first-order chi connectivity index (χ1) is 8.62. The van der Waals surface area contributed by atoms with Crippen LogP contribution in [0.4, 0.5) is 0 Å². The summed E-state index contributed by atoms with van der Waals surface area (Å²) in [6.45, 7) is 3.88. The van der Waals surface area contributed by atoms with Crippen LogP contribution in [0.25, 0.3) is 0 Å². The van der Waals surface area contributed by atoms with Gasteiger partial charge in [0.1, 0.15) is 0 Å². The molecule has 1 aromatic rings. The number of hydrogen-bond acceptors (Lipinski definition) is 3. The number of rotatable bonds is 4. The van der Waals surface area contributed by atoms with E-state index < -0.39 is 0 Å². The second-order valence-corrected chi connectivity index (χ2v) is 7.56. The van der Waals surface area contributed by atoms with Crippen LogP contribution in [0.15, 0.2) is 27.6 Å². The standard InChI is InChI=1S/C14H18BrNOS/c1-9(16)14(4-5-14)10-2-3-13(12(15)6-10)18-11-7-17-8-11/h2-3,6,9,11H,4-5,7-8,16H2,1H3. The van der Waals surface area contributed by atoms with Gasteiger partial charge < -0.3 is 10.5 Å². The van der Waals surface area contributed by atoms with Crippen molar-refractivity contribution >= 4 is 27.7 Å². The van der Waals surface area contributed by atoms with Gasteiger partial charge in [-0.25, -0.2) is 0 Å². The van der Waals surface area contributed by atoms with Crippen LogP contribution in [-0.4, -0.2) is 24.5 Å². The van der Waals surface area contributed by atoms with E-state index in [0.717, 1.165) is 13.2 Å². The molecule has 0 aromatic heterocycles. The molecule has 2 nitrogen and oxygen atoms in total. The Morgan fingerprint density at radius 3 is 2.61 bits per heavy atom. The van der Waals surface area contributed by atoms with Gasteiger partial charge in [0.2, 0.25) is 0 Å². The van der Waals surface area contributed by atoms with Gasteiger partial charge in [0, 0.05) is 20.8 Å². The first kappa shape index (κ1) is 13.0. The molecule has 1 aromatic carbocycles. The van der Waals surface area contributed by atoms with Crippen molar-refractivity contribution in [3.05, 3.63) is 28.2 Å². The van der Waals surface area contributed by atoms with Crippen LogP contribution in [0.2, 0.25) is 0 Å². The average molecular weight is 328 g/mol. The molecule has 1 heterocycles. The monoisotopic (exact) mass is 327 g/mol. The minimum Gasteiger partial charge on any atom is -0.379 e. The van der Waals surface area contributed by atoms with Gasteiger partial charge in [0.25, 0.3) is 0 Å². The summed E-state index contributed by atoms with van der Waals surface area (Å²) >= 11 is 5.60. The van der Waals surface area contributed by atoms with Gasteiger partial charge in [-0.2, -0.15) is 0 Å². The van der Waals surface area contributed by atoms with E-state index in [1.807, 2.05) is 11.8 Å². The highest BCUT2D eigenvalue weighted by Gasteiger charge is 2.47. The number of nitrogens with two attached hydrogens (primary N) is 1. The molecule has 1 aliphatic heterocycles. The lowest BCUT2D eigenvalue weighted by atomic mass is 9.90. The van der Waals surface area contributed by atoms with Crippen LogP contribution < -0.4 is 5.73 Å². The van der Waals surface area contributed by atoms with Crippen molar-refractivity contribution in [2.24, 2.45) is 5.73 Å². The Hall–Kier alpha value is -0.0300. The van der Waals surface area contributed by atoms with Crippen LogP contribution in [-0.2, 0) is 10.2 Å². The molecule has 1 saturated carbocycles. The fourth-order valence-corrected chi connectivity index (χ4v) is 4.17. The Morgan fingerprint density at radius 1 is 1.44 bits per heavy atom. The summed E-state index contributed by atoms with van der Waals surface area (Å²) in [7, 11) is 0. The highest BCUT2D eigenvalue weighted by molar-refractivity contribution is 9.10. The van der Waals surface area contributed by atoms with Crippen molar-refractivity contribution in [3.63, 3.8) is 0 Å². The average Bonchev–Trinajstić information content (AvgIpc) is 3.06. The van der Waals surface area contributed by atoms with E-state index in [0.29, 0.717) is 5.25 Å². The maximum Gasteiger partial charge on any atom is 0.0611 e. The van der Waals surface area contributed by atoms with Crippen molar-refractivity contribution in [2.75, 3.05) is 13.2 Å². The van der Waals surface area contributed by atoms with Gasteiger partial charge in [-0.15, -0.1) is 11.8 Å². The fourth-order valence-electron chi connectivity index (χ4n) is 2.51. The normalized spacial score (nSPS) is 23.5. The Bertz CT molecular complexity index is 455. The van der Waals surface area contributed by atoms with E-state index >= 15 is 0 Å². The summed E-state index contributed by atoms with van der Waals surface area (Å²) in [6, 6.07) is 6.98. The molecule has 1 unspecified atom stereocenters. The Kier molecular flexibility index (Phi) is 3.47. The van der Waals surface area contributed by atoms with Crippen molar-refractivity contribution in [2.45, 2.75) is 41.4 Å². The molecule has 0 radical (unpaired) electrons. The molecule has 0 amide bonds. The fraction of sp³-hybridized carbons (Fsp3) is 0.571. The molecule has 3 rings (SSSR count). The molecule has 1 aliphatic carbocycles. The maximum absolute atomic E-state index is 6.13. The molecular weight excluding hydrogens is 310 g/mol. The SMILES string of the molecule is CC(N)C1(c2ccc(SC3COC3)c(Br)c2)CC1. The highest BCUT2D eigenvalue weighted by atomic mass is 79.9. The van der Waals surface area contributed by atoms with E-state index in [4.69, 9.17) is 10.5 Å². The zero-order chi connectivity index (χ0) is 12.8. The third-order valence-electron chi connectivity index (χ3n) is 4.07. The molecule has 2 N–H and O–H groups in total. The first-order valence-electron chi connectivity index (χ1n) is 6.42. The van der Waals surface area contributed by atoms with Gasteiger partial charge in [0.15, 0.2) is 0 Å². The van der Waals surface area contributed by atoms with Gasteiger partial charge >= 0.3 is 0 Å². The largest absolute Gasteiger partial charge is 0.379 e. The smallest absolute Gasteiger partial charge is 0.0611 e. The number of benzene rings is 1. The van der Waals surface area contributed by atoms with Gasteiger partial charge in [0.05, 0.1) is 18.5 Å². The minimum atomic E-state index is 0.239. The van der Waals surface area contributed by atoms with E-state index in [1.54, 1.807) is 0 Å². The van der Waals surface area contributed by atoms with Crippen molar-refractivity contribution in [3.8, 4) is 0 Å². The van der Waals surface area contributed by atoms with E-state index in [-0.39, 0.29) is 11.5 Å². The Labute approximate surface area is 121 Å². The van der Waals surface area contributed by atoms with Crippen LogP contribution in [0.5, 0.6) is 0 Å². The highest BCUT2D eigenvalue weighted by Crippen LogP contribution is 2.51. The number of thioether (sulfide) groups is 1. The van der Waals surface area contributed by atoms with Crippen LogP contribution in [0, 0.1) is 0 Å². The molecule has 98 valence electrons. The molecule has 4 heteroatoms. The van der Waals surface area contributed by atoms with Crippen molar-refractivity contribution in [1.29, 1.82) is 0 Å². The lowest BCUT2D eigenvalue weighted by molar-refractivity contribution is 0.0455. The summed E-state index contributed by atoms with van der Waals surface area (Å²) in [5.41, 5.74) is 7.76. The summed E-state index contributed by atoms with van der Waals surface area (Å²) in [6.07, 6.45) is 2.44. The first-order valence-corrected chi connectivity index (χ1v) is 8.09. The number of hydrogen-bond donors (Lipinski definition) is 1. The topological polar surface area (TPSA) is 35.2 Å². The van der Waals surface area contributed by atoms with Crippen LogP contribution in [0.1, 0.15) is 25.3 Å². The lowest BCUT2D eigenvalue weighted by Gasteiger charge is -2.26. The van der Waals surface area contributed by atoms with Crippen molar-refractivity contribution < 1.29 is 4.74 Å². The zero-order valence-electron chi connectivity index (χ0n) is 10.5. The summed E-state index contributed by atoms with van der Waals surface area (Å²) < 4.78 is 6.41. The molecule has 1 saturated heterocycles. The molecule has 1 atom stereocenters. The molecule has 2 aliphatic rings. The molecule has 0 bridgehead atoms. The third-order valence-corrected chi connectivity index (χ3v) is 6.20. The van der Waals surface area contributed by atoms with E-state index in [1.165, 1.54) is 27.8 Å². The molecule has 0 spiro atoms. The van der Waals surface area contributed by atoms with Gasteiger partial charge in [-0.3, -0.25) is 0 Å². The number of ether oxygens (including phenoxy) is 1. The van der Waals surface area contributed by atoms with E-state index in [2.05, 4.69) is 41.1 Å². The predicted molar refractivity (Wildman–Crippen MR) is 79.2 cm³/mol. The van der Waals surface area contributed by atoms with Crippen molar-refractivity contribution in [1.82, 2.24) is 0 Å². The van der Waals surface area contributed by atoms with Gasteiger partial charge in [-0.1, -0.05) is 6.07 Å².